The molecule has 5 nitrogen and oxygen atoms in total. The molecule has 1 aliphatic rings. The van der Waals surface area contributed by atoms with E-state index in [4.69, 9.17) is 10.5 Å². The van der Waals surface area contributed by atoms with Crippen LogP contribution < -0.4 is 11.1 Å². The molecule has 0 bridgehead atoms. The lowest BCUT2D eigenvalue weighted by molar-refractivity contribution is -0.130. The Morgan fingerprint density at radius 2 is 2.00 bits per heavy atom. The Labute approximate surface area is 145 Å². The molecule has 124 valence electrons. The van der Waals surface area contributed by atoms with Gasteiger partial charge in [-0.2, -0.15) is 0 Å². The van der Waals surface area contributed by atoms with E-state index in [1.165, 1.54) is 11.3 Å². The average molecular weight is 354 g/mol. The van der Waals surface area contributed by atoms with Gasteiger partial charge in [0.2, 0.25) is 5.91 Å². The summed E-state index contributed by atoms with van der Waals surface area (Å²) in [6, 6.07) is 10.00. The first-order valence-corrected chi connectivity index (χ1v) is 8.16. The topological polar surface area (TPSA) is 77.2 Å². The van der Waals surface area contributed by atoms with Crippen LogP contribution in [-0.2, 0) is 9.53 Å². The first-order valence-electron chi connectivity index (χ1n) is 7.34. The lowest BCUT2D eigenvalue weighted by Gasteiger charge is -2.34. The lowest BCUT2D eigenvalue weighted by atomic mass is 9.79. The number of nitrogens with one attached hydrogen (secondary N) is 1. The van der Waals surface area contributed by atoms with Crippen LogP contribution in [0.15, 0.2) is 36.5 Å². The molecule has 1 saturated heterocycles. The maximum Gasteiger partial charge on any atom is 0.233 e. The monoisotopic (exact) mass is 353 g/mol. The van der Waals surface area contributed by atoms with Gasteiger partial charge in [-0.25, -0.2) is 4.98 Å². The maximum atomic E-state index is 12.6. The highest BCUT2D eigenvalue weighted by atomic mass is 35.5. The molecule has 1 aromatic carbocycles. The maximum absolute atomic E-state index is 12.6. The number of halogens is 1. The predicted molar refractivity (Wildman–Crippen MR) is 95.0 cm³/mol. The molecule has 0 aliphatic carbocycles. The van der Waals surface area contributed by atoms with Gasteiger partial charge in [0.05, 0.1) is 10.3 Å². The normalized spacial score (nSPS) is 16.4. The van der Waals surface area contributed by atoms with Gasteiger partial charge >= 0.3 is 0 Å². The third-order valence-corrected chi connectivity index (χ3v) is 5.07. The van der Waals surface area contributed by atoms with Crippen molar-refractivity contribution in [2.45, 2.75) is 12.8 Å². The van der Waals surface area contributed by atoms with Crippen molar-refractivity contribution >= 4 is 34.8 Å². The summed E-state index contributed by atoms with van der Waals surface area (Å²) < 4.78 is 5.34. The van der Waals surface area contributed by atoms with E-state index in [-0.39, 0.29) is 18.3 Å². The number of carbonyl (C=O) groups is 1. The van der Waals surface area contributed by atoms with E-state index >= 15 is 0 Å². The highest BCUT2D eigenvalue weighted by molar-refractivity contribution is 7.19. The Bertz CT molecular complexity index is 642. The van der Waals surface area contributed by atoms with Crippen molar-refractivity contribution < 1.29 is 9.53 Å². The average Bonchev–Trinajstić information content (AvgIpc) is 3.05. The second-order valence-electron chi connectivity index (χ2n) is 5.45. The van der Waals surface area contributed by atoms with Gasteiger partial charge in [-0.1, -0.05) is 41.7 Å². The molecule has 1 amide bonds. The molecule has 3 N–H and O–H groups in total. The zero-order chi connectivity index (χ0) is 15.4. The van der Waals surface area contributed by atoms with Crippen molar-refractivity contribution in [3.8, 4) is 10.4 Å². The van der Waals surface area contributed by atoms with Crippen LogP contribution in [0.25, 0.3) is 10.4 Å². The molecular weight excluding hydrogens is 334 g/mol. The summed E-state index contributed by atoms with van der Waals surface area (Å²) in [5, 5.41) is 3.54. The van der Waals surface area contributed by atoms with E-state index in [1.54, 1.807) is 6.20 Å². The lowest BCUT2D eigenvalue weighted by Crippen LogP contribution is -2.46. The van der Waals surface area contributed by atoms with Crippen LogP contribution in [0.3, 0.4) is 0 Å². The number of rotatable bonds is 4. The minimum Gasteiger partial charge on any atom is -0.381 e. The third-order valence-electron chi connectivity index (χ3n) is 4.11. The highest BCUT2D eigenvalue weighted by Crippen LogP contribution is 2.33. The Balaban J connectivity index is 0.00000192. The summed E-state index contributed by atoms with van der Waals surface area (Å²) in [6.07, 6.45) is 3.10. The van der Waals surface area contributed by atoms with Gasteiger partial charge < -0.3 is 15.8 Å². The standard InChI is InChI=1S/C16H19N3O2S.ClH/c17-11-16(6-8-21-9-7-16)14(20)19-15-18-10-13(22-15)12-4-2-1-3-5-12;/h1-5,10H,6-9,11,17H2,(H,18,19,20);1H. The molecule has 0 saturated carbocycles. The summed E-state index contributed by atoms with van der Waals surface area (Å²) in [5.41, 5.74) is 6.42. The van der Waals surface area contributed by atoms with Gasteiger partial charge in [-0.15, -0.1) is 12.4 Å². The summed E-state index contributed by atoms with van der Waals surface area (Å²) in [7, 11) is 0. The van der Waals surface area contributed by atoms with Crippen LogP contribution in [0, 0.1) is 5.41 Å². The first-order chi connectivity index (χ1) is 10.7. The molecular formula is C16H20ClN3O2S. The van der Waals surface area contributed by atoms with Crippen molar-refractivity contribution in [3.05, 3.63) is 36.5 Å². The summed E-state index contributed by atoms with van der Waals surface area (Å²) in [5.74, 6) is -0.0488. The number of benzene rings is 1. The number of amides is 1. The number of hydrogen-bond donors (Lipinski definition) is 2. The minimum absolute atomic E-state index is 0. The number of hydrogen-bond acceptors (Lipinski definition) is 5. The Hall–Kier alpha value is -1.47. The van der Waals surface area contributed by atoms with Gasteiger partial charge in [0.15, 0.2) is 5.13 Å². The molecule has 0 spiro atoms. The van der Waals surface area contributed by atoms with Crippen LogP contribution in [-0.4, -0.2) is 30.6 Å². The van der Waals surface area contributed by atoms with Crippen molar-refractivity contribution in [1.29, 1.82) is 0 Å². The third kappa shape index (κ3) is 3.90. The Kier molecular flexibility index (Phi) is 6.12. The fraction of sp³-hybridized carbons (Fsp3) is 0.375. The van der Waals surface area contributed by atoms with Gasteiger partial charge in [-0.05, 0) is 18.4 Å². The molecule has 3 rings (SSSR count). The second-order valence-corrected chi connectivity index (χ2v) is 6.48. The van der Waals surface area contributed by atoms with Gasteiger partial charge in [0, 0.05) is 26.0 Å². The number of nitrogens with zero attached hydrogens (tertiary/aromatic N) is 1. The fourth-order valence-corrected chi connectivity index (χ4v) is 3.40. The van der Waals surface area contributed by atoms with E-state index in [9.17, 15) is 4.79 Å². The molecule has 2 heterocycles. The fourth-order valence-electron chi connectivity index (χ4n) is 2.58. The molecule has 1 fully saturated rings. The molecule has 1 aromatic heterocycles. The molecule has 23 heavy (non-hydrogen) atoms. The zero-order valence-electron chi connectivity index (χ0n) is 12.7. The molecule has 0 radical (unpaired) electrons. The molecule has 7 heteroatoms. The van der Waals surface area contributed by atoms with Crippen LogP contribution in [0.1, 0.15) is 12.8 Å². The SMILES string of the molecule is Cl.NCC1(C(=O)Nc2ncc(-c3ccccc3)s2)CCOCC1. The van der Waals surface area contributed by atoms with E-state index < -0.39 is 5.41 Å². The number of thiazole rings is 1. The quantitative estimate of drug-likeness (QED) is 0.885. The first kappa shape index (κ1) is 17.9. The number of anilines is 1. The number of nitrogens with two attached hydrogens (primary N) is 1. The van der Waals surface area contributed by atoms with Crippen molar-refractivity contribution in [2.24, 2.45) is 11.1 Å². The molecule has 1 aliphatic heterocycles. The van der Waals surface area contributed by atoms with Crippen LogP contribution in [0.4, 0.5) is 5.13 Å². The number of ether oxygens (including phenoxy) is 1. The summed E-state index contributed by atoms with van der Waals surface area (Å²) >= 11 is 1.47. The van der Waals surface area contributed by atoms with Gasteiger partial charge in [0.1, 0.15) is 0 Å². The van der Waals surface area contributed by atoms with Crippen molar-refractivity contribution in [2.75, 3.05) is 25.1 Å². The van der Waals surface area contributed by atoms with E-state index in [0.29, 0.717) is 37.7 Å². The molecule has 2 aromatic rings. The smallest absolute Gasteiger partial charge is 0.233 e. The summed E-state index contributed by atoms with van der Waals surface area (Å²) in [4.78, 5) is 17.9. The minimum atomic E-state index is -0.531. The van der Waals surface area contributed by atoms with Crippen LogP contribution >= 0.6 is 23.7 Å². The van der Waals surface area contributed by atoms with Crippen molar-refractivity contribution in [3.63, 3.8) is 0 Å². The van der Waals surface area contributed by atoms with Gasteiger partial charge in [-0.3, -0.25) is 4.79 Å². The zero-order valence-corrected chi connectivity index (χ0v) is 14.3. The van der Waals surface area contributed by atoms with E-state index in [0.717, 1.165) is 10.4 Å². The van der Waals surface area contributed by atoms with Crippen LogP contribution in [0.5, 0.6) is 0 Å². The van der Waals surface area contributed by atoms with Gasteiger partial charge in [0.25, 0.3) is 0 Å². The van der Waals surface area contributed by atoms with Crippen LogP contribution in [0.2, 0.25) is 0 Å². The number of carbonyl (C=O) groups excluding carboxylic acids is 1. The Morgan fingerprint density at radius 1 is 1.30 bits per heavy atom. The second kappa shape index (κ2) is 7.88. The van der Waals surface area contributed by atoms with E-state index in [1.807, 2.05) is 30.3 Å². The Morgan fingerprint density at radius 3 is 2.65 bits per heavy atom. The molecule has 0 unspecified atom stereocenters. The highest BCUT2D eigenvalue weighted by Gasteiger charge is 2.39. The largest absolute Gasteiger partial charge is 0.381 e. The van der Waals surface area contributed by atoms with Crippen molar-refractivity contribution in [1.82, 2.24) is 4.98 Å². The number of aromatic nitrogens is 1. The van der Waals surface area contributed by atoms with E-state index in [2.05, 4.69) is 10.3 Å². The molecule has 0 atom stereocenters. The summed E-state index contributed by atoms with van der Waals surface area (Å²) in [6.45, 7) is 1.49. The predicted octanol–water partition coefficient (Wildman–Crippen LogP) is 2.93.